The van der Waals surface area contributed by atoms with Gasteiger partial charge in [0, 0.05) is 38.2 Å². The molecule has 0 aliphatic heterocycles. The molecule has 0 bridgehead atoms. The van der Waals surface area contributed by atoms with E-state index in [-0.39, 0.29) is 20.1 Å². The number of fused-ring (bicyclic) bond motifs is 3. The monoisotopic (exact) mass is 388 g/mol. The number of aromatic nitrogens is 2. The third-order valence-corrected chi connectivity index (χ3v) is 3.03. The van der Waals surface area contributed by atoms with Crippen LogP contribution in [0.2, 0.25) is 0 Å². The smallest absolute Gasteiger partial charge is 0.0605 e. The van der Waals surface area contributed by atoms with Gasteiger partial charge in [-0.3, -0.25) is 4.98 Å². The Bertz CT molecular complexity index is 655. The summed E-state index contributed by atoms with van der Waals surface area (Å²) < 4.78 is 2.12. The maximum absolute atomic E-state index is 4.38. The summed E-state index contributed by atoms with van der Waals surface area (Å²) in [6.07, 6.45) is 3.83. The van der Waals surface area contributed by atoms with E-state index < -0.39 is 0 Å². The van der Waals surface area contributed by atoms with Crippen LogP contribution >= 0.6 is 0 Å². The molecule has 0 aliphatic rings. The van der Waals surface area contributed by atoms with Gasteiger partial charge >= 0.3 is 0 Å². The predicted octanol–water partition coefficient (Wildman–Crippen LogP) is 2.90. The zero-order chi connectivity index (χ0) is 10.4. The molecule has 3 aromatic rings. The molecule has 16 heavy (non-hydrogen) atoms. The second kappa shape index (κ2) is 4.00. The van der Waals surface area contributed by atoms with Crippen molar-refractivity contribution in [1.29, 1.82) is 0 Å². The number of hydrogen-bond donors (Lipinski definition) is 0. The van der Waals surface area contributed by atoms with E-state index in [0.29, 0.717) is 0 Å². The first-order valence-corrected chi connectivity index (χ1v) is 5.01. The van der Waals surface area contributed by atoms with Crippen LogP contribution < -0.4 is 0 Å². The Labute approximate surface area is 108 Å². The number of hydrogen-bond acceptors (Lipinski definition) is 1. The van der Waals surface area contributed by atoms with Gasteiger partial charge in [-0.05, 0) is 13.8 Å². The predicted molar refractivity (Wildman–Crippen MR) is 61.0 cm³/mol. The maximum atomic E-state index is 4.38. The topological polar surface area (TPSA) is 17.3 Å². The SMILES string of the molecule is Cc1c(C)n2ccnc2c2[c-]cccc12.[Ir]. The average Bonchev–Trinajstić information content (AvgIpc) is 2.75. The van der Waals surface area contributed by atoms with Gasteiger partial charge in [0.1, 0.15) is 0 Å². The quantitative estimate of drug-likeness (QED) is 0.542. The number of benzene rings is 1. The van der Waals surface area contributed by atoms with Crippen molar-refractivity contribution in [3.05, 3.63) is 47.9 Å². The Balaban J connectivity index is 0.000000963. The molecular formula is C13H11IrN2-. The molecule has 0 saturated heterocycles. The van der Waals surface area contributed by atoms with E-state index in [0.717, 1.165) is 11.0 Å². The van der Waals surface area contributed by atoms with Crippen LogP contribution in [0.3, 0.4) is 0 Å². The molecule has 0 amide bonds. The van der Waals surface area contributed by atoms with Crippen molar-refractivity contribution >= 4 is 16.4 Å². The van der Waals surface area contributed by atoms with E-state index in [2.05, 4.69) is 35.4 Å². The third kappa shape index (κ3) is 1.40. The summed E-state index contributed by atoms with van der Waals surface area (Å²) in [5, 5.41) is 2.35. The van der Waals surface area contributed by atoms with Gasteiger partial charge in [0.05, 0.1) is 5.65 Å². The first-order chi connectivity index (χ1) is 7.29. The largest absolute Gasteiger partial charge is 0.344 e. The molecule has 1 aromatic carbocycles. The van der Waals surface area contributed by atoms with Crippen LogP contribution in [0.25, 0.3) is 16.4 Å². The molecule has 0 N–H and O–H groups in total. The van der Waals surface area contributed by atoms with Crippen molar-refractivity contribution < 1.29 is 20.1 Å². The van der Waals surface area contributed by atoms with Crippen molar-refractivity contribution in [3.63, 3.8) is 0 Å². The van der Waals surface area contributed by atoms with Crippen molar-refractivity contribution in [2.45, 2.75) is 13.8 Å². The van der Waals surface area contributed by atoms with E-state index in [1.54, 1.807) is 0 Å². The van der Waals surface area contributed by atoms with Crippen molar-refractivity contribution in [2.75, 3.05) is 0 Å². The number of aryl methyl sites for hydroxylation is 2. The molecule has 83 valence electrons. The molecule has 2 heterocycles. The van der Waals surface area contributed by atoms with E-state index in [9.17, 15) is 0 Å². The molecule has 0 saturated carbocycles. The van der Waals surface area contributed by atoms with Gasteiger partial charge in [0.25, 0.3) is 0 Å². The van der Waals surface area contributed by atoms with E-state index in [1.807, 2.05) is 24.5 Å². The van der Waals surface area contributed by atoms with Crippen molar-refractivity contribution in [3.8, 4) is 0 Å². The Kier molecular flexibility index (Phi) is 2.83. The normalized spacial score (nSPS) is 10.6. The molecule has 3 heteroatoms. The summed E-state index contributed by atoms with van der Waals surface area (Å²) in [5.41, 5.74) is 3.54. The molecule has 2 nitrogen and oxygen atoms in total. The minimum atomic E-state index is 0. The molecule has 0 unspecified atom stereocenters. The number of nitrogens with zero attached hydrogens (tertiary/aromatic N) is 2. The molecule has 3 rings (SSSR count). The van der Waals surface area contributed by atoms with Gasteiger partial charge < -0.3 is 4.40 Å². The van der Waals surface area contributed by atoms with Crippen LogP contribution in [-0.2, 0) is 20.1 Å². The Hall–Kier alpha value is -1.18. The van der Waals surface area contributed by atoms with Crippen molar-refractivity contribution in [1.82, 2.24) is 9.38 Å². The minimum absolute atomic E-state index is 0. The first-order valence-electron chi connectivity index (χ1n) is 5.01. The van der Waals surface area contributed by atoms with Crippen LogP contribution in [-0.4, -0.2) is 9.38 Å². The molecule has 2 aromatic heterocycles. The van der Waals surface area contributed by atoms with Gasteiger partial charge in [-0.1, -0.05) is 5.56 Å². The van der Waals surface area contributed by atoms with E-state index >= 15 is 0 Å². The Morgan fingerprint density at radius 2 is 2.12 bits per heavy atom. The molecule has 0 aliphatic carbocycles. The second-order valence-electron chi connectivity index (χ2n) is 3.79. The zero-order valence-corrected chi connectivity index (χ0v) is 11.5. The minimum Gasteiger partial charge on any atom is -0.344 e. The van der Waals surface area contributed by atoms with Crippen LogP contribution in [0.5, 0.6) is 0 Å². The summed E-state index contributed by atoms with van der Waals surface area (Å²) in [5.74, 6) is 0. The van der Waals surface area contributed by atoms with Gasteiger partial charge in [-0.25, -0.2) is 0 Å². The van der Waals surface area contributed by atoms with Gasteiger partial charge in [-0.15, -0.1) is 35.0 Å². The Morgan fingerprint density at radius 1 is 1.31 bits per heavy atom. The van der Waals surface area contributed by atoms with Gasteiger partial charge in [-0.2, -0.15) is 0 Å². The van der Waals surface area contributed by atoms with Crippen LogP contribution in [0, 0.1) is 19.9 Å². The molecular weight excluding hydrogens is 376 g/mol. The Morgan fingerprint density at radius 3 is 2.94 bits per heavy atom. The second-order valence-corrected chi connectivity index (χ2v) is 3.79. The maximum Gasteiger partial charge on any atom is 0.0605 e. The van der Waals surface area contributed by atoms with Crippen LogP contribution in [0.1, 0.15) is 11.3 Å². The van der Waals surface area contributed by atoms with Crippen molar-refractivity contribution in [2.24, 2.45) is 0 Å². The summed E-state index contributed by atoms with van der Waals surface area (Å²) in [6, 6.07) is 9.35. The fraction of sp³-hybridized carbons (Fsp3) is 0.154. The summed E-state index contributed by atoms with van der Waals surface area (Å²) in [7, 11) is 0. The average molecular weight is 387 g/mol. The fourth-order valence-electron chi connectivity index (χ4n) is 2.07. The summed E-state index contributed by atoms with van der Waals surface area (Å²) in [4.78, 5) is 4.38. The van der Waals surface area contributed by atoms with E-state index in [4.69, 9.17) is 0 Å². The van der Waals surface area contributed by atoms with Gasteiger partial charge in [0.2, 0.25) is 0 Å². The standard InChI is InChI=1S/C13H11N2.Ir/c1-9-10(2)15-8-7-14-13(15)12-6-4-3-5-11(9)12;/h3-5,7-8H,1-2H3;/q-1;. The molecule has 0 fully saturated rings. The van der Waals surface area contributed by atoms with E-state index in [1.165, 1.54) is 16.6 Å². The zero-order valence-electron chi connectivity index (χ0n) is 9.11. The molecule has 0 atom stereocenters. The first kappa shape index (κ1) is 11.3. The van der Waals surface area contributed by atoms with Crippen LogP contribution in [0.4, 0.5) is 0 Å². The number of rotatable bonds is 0. The third-order valence-electron chi connectivity index (χ3n) is 3.03. The van der Waals surface area contributed by atoms with Crippen LogP contribution in [0.15, 0.2) is 30.6 Å². The molecule has 0 spiro atoms. The molecule has 1 radical (unpaired) electrons. The fourth-order valence-corrected chi connectivity index (χ4v) is 2.07. The summed E-state index contributed by atoms with van der Waals surface area (Å²) in [6.45, 7) is 4.27. The number of imidazole rings is 1. The van der Waals surface area contributed by atoms with Gasteiger partial charge in [0.15, 0.2) is 0 Å². The number of pyridine rings is 1. The summed E-state index contributed by atoms with van der Waals surface area (Å²) >= 11 is 0.